The summed E-state index contributed by atoms with van der Waals surface area (Å²) in [6.45, 7) is 0. The van der Waals surface area contributed by atoms with Crippen LogP contribution in [0.2, 0.25) is 0 Å². The molecule has 1 aliphatic rings. The maximum atomic E-state index is 11.7. The summed E-state index contributed by atoms with van der Waals surface area (Å²) in [5, 5.41) is 13.4. The largest absolute Gasteiger partial charge is 0.507 e. The van der Waals surface area contributed by atoms with E-state index in [2.05, 4.69) is 10.5 Å². The lowest BCUT2D eigenvalue weighted by Gasteiger charge is -2.06. The maximum Gasteiger partial charge on any atom is 0.240 e. The number of nitrogens with zero attached hydrogens (tertiary/aromatic N) is 1. The number of benzene rings is 1. The third kappa shape index (κ3) is 4.45. The zero-order chi connectivity index (χ0) is 16.2. The Hall–Kier alpha value is -2.09. The molecule has 1 amide bonds. The topological polar surface area (TPSA) is 105 Å². The minimum absolute atomic E-state index is 0.0145. The summed E-state index contributed by atoms with van der Waals surface area (Å²) < 4.78 is 27.7. The Bertz CT molecular complexity index is 684. The van der Waals surface area contributed by atoms with Crippen molar-refractivity contribution in [1.82, 2.24) is 5.43 Å². The predicted octanol–water partition coefficient (Wildman–Crippen LogP) is 0.676. The van der Waals surface area contributed by atoms with Crippen LogP contribution in [0.5, 0.6) is 11.5 Å². The second-order valence-electron chi connectivity index (χ2n) is 5.19. The fraction of sp³-hybridized carbons (Fsp3) is 0.429. The van der Waals surface area contributed by atoms with E-state index in [0.717, 1.165) is 0 Å². The van der Waals surface area contributed by atoms with Gasteiger partial charge in [-0.1, -0.05) is 0 Å². The lowest BCUT2D eigenvalue weighted by atomic mass is 10.1. The van der Waals surface area contributed by atoms with Crippen LogP contribution in [0.4, 0.5) is 0 Å². The zero-order valence-corrected chi connectivity index (χ0v) is 13.0. The monoisotopic (exact) mass is 326 g/mol. The Kier molecular flexibility index (Phi) is 5.02. The number of sulfone groups is 1. The van der Waals surface area contributed by atoms with E-state index >= 15 is 0 Å². The van der Waals surface area contributed by atoms with Gasteiger partial charge in [0.1, 0.15) is 11.5 Å². The number of methoxy groups -OCH3 is 1. The molecular formula is C14H18N2O5S. The van der Waals surface area contributed by atoms with E-state index in [4.69, 9.17) is 4.74 Å². The molecule has 22 heavy (non-hydrogen) atoms. The Morgan fingerprint density at radius 3 is 2.95 bits per heavy atom. The number of amides is 1. The number of ether oxygens (including phenoxy) is 1. The van der Waals surface area contributed by atoms with Gasteiger partial charge in [0, 0.05) is 12.0 Å². The van der Waals surface area contributed by atoms with Crippen molar-refractivity contribution in [2.75, 3.05) is 18.6 Å². The van der Waals surface area contributed by atoms with Crippen LogP contribution in [-0.4, -0.2) is 44.3 Å². The van der Waals surface area contributed by atoms with Crippen molar-refractivity contribution in [2.24, 2.45) is 11.0 Å². The van der Waals surface area contributed by atoms with Gasteiger partial charge in [0.25, 0.3) is 0 Å². The summed E-state index contributed by atoms with van der Waals surface area (Å²) in [5.41, 5.74) is 2.74. The number of carbonyl (C=O) groups excluding carboxylic acids is 1. The number of hydrogen-bond acceptors (Lipinski definition) is 6. The second-order valence-corrected chi connectivity index (χ2v) is 7.42. The molecular weight excluding hydrogens is 308 g/mol. The summed E-state index contributed by atoms with van der Waals surface area (Å²) in [4.78, 5) is 11.7. The van der Waals surface area contributed by atoms with Crippen LogP contribution in [0.15, 0.2) is 23.3 Å². The summed E-state index contributed by atoms with van der Waals surface area (Å²) in [6.07, 6.45) is 1.94. The maximum absolute atomic E-state index is 11.7. The number of phenolic OH excluding ortho intramolecular Hbond substituents is 1. The first kappa shape index (κ1) is 16.3. The van der Waals surface area contributed by atoms with Gasteiger partial charge in [0.15, 0.2) is 9.84 Å². The standard InChI is InChI=1S/C14H18N2O5S/c1-21-12-2-3-13(17)11(7-12)8-15-16-14(18)6-10-4-5-22(19,20)9-10/h2-3,7-8,10,17H,4-6,9H2,1H3,(H,16,18)/b15-8+/t10-/m1/s1. The molecule has 1 heterocycles. The van der Waals surface area contributed by atoms with E-state index in [9.17, 15) is 18.3 Å². The highest BCUT2D eigenvalue weighted by molar-refractivity contribution is 7.91. The number of rotatable bonds is 5. The van der Waals surface area contributed by atoms with Gasteiger partial charge in [-0.3, -0.25) is 4.79 Å². The number of aromatic hydroxyl groups is 1. The molecule has 0 aliphatic carbocycles. The molecule has 2 N–H and O–H groups in total. The normalized spacial score (nSPS) is 20.1. The molecule has 0 aromatic heterocycles. The van der Waals surface area contributed by atoms with Crippen LogP contribution in [0.1, 0.15) is 18.4 Å². The van der Waals surface area contributed by atoms with E-state index in [1.807, 2.05) is 0 Å². The molecule has 0 unspecified atom stereocenters. The smallest absolute Gasteiger partial charge is 0.240 e. The number of hydrogen-bond donors (Lipinski definition) is 2. The van der Waals surface area contributed by atoms with Gasteiger partial charge in [-0.2, -0.15) is 5.10 Å². The molecule has 120 valence electrons. The van der Waals surface area contributed by atoms with Crippen molar-refractivity contribution in [3.63, 3.8) is 0 Å². The molecule has 0 saturated carbocycles. The SMILES string of the molecule is COc1ccc(O)c(/C=N/NC(=O)C[C@H]2CCS(=O)(=O)C2)c1. The summed E-state index contributed by atoms with van der Waals surface area (Å²) in [7, 11) is -1.48. The highest BCUT2D eigenvalue weighted by Crippen LogP contribution is 2.22. The van der Waals surface area contributed by atoms with E-state index in [0.29, 0.717) is 17.7 Å². The fourth-order valence-corrected chi connectivity index (χ4v) is 4.14. The molecule has 1 atom stereocenters. The predicted molar refractivity (Wildman–Crippen MR) is 81.8 cm³/mol. The average molecular weight is 326 g/mol. The first-order valence-corrected chi connectivity index (χ1v) is 8.61. The molecule has 1 fully saturated rings. The number of hydrazone groups is 1. The van der Waals surface area contributed by atoms with Crippen LogP contribution < -0.4 is 10.2 Å². The first-order valence-electron chi connectivity index (χ1n) is 6.79. The van der Waals surface area contributed by atoms with E-state index in [1.54, 1.807) is 12.1 Å². The number of nitrogens with one attached hydrogen (secondary N) is 1. The van der Waals surface area contributed by atoms with Gasteiger partial charge in [-0.25, -0.2) is 13.8 Å². The summed E-state index contributed by atoms with van der Waals surface area (Å²) in [5.74, 6) is 0.278. The lowest BCUT2D eigenvalue weighted by molar-refractivity contribution is -0.121. The summed E-state index contributed by atoms with van der Waals surface area (Å²) >= 11 is 0. The zero-order valence-electron chi connectivity index (χ0n) is 12.2. The molecule has 0 radical (unpaired) electrons. The van der Waals surface area contributed by atoms with Gasteiger partial charge >= 0.3 is 0 Å². The molecule has 1 saturated heterocycles. The number of phenols is 1. The van der Waals surface area contributed by atoms with Gasteiger partial charge < -0.3 is 9.84 Å². The van der Waals surface area contributed by atoms with Gasteiger partial charge in [0.05, 0.1) is 24.8 Å². The van der Waals surface area contributed by atoms with Gasteiger partial charge in [-0.05, 0) is 30.5 Å². The molecule has 7 nitrogen and oxygen atoms in total. The second kappa shape index (κ2) is 6.78. The van der Waals surface area contributed by atoms with E-state index < -0.39 is 9.84 Å². The first-order chi connectivity index (χ1) is 10.4. The van der Waals surface area contributed by atoms with Crippen LogP contribution in [0.25, 0.3) is 0 Å². The van der Waals surface area contributed by atoms with Gasteiger partial charge in [0.2, 0.25) is 5.91 Å². The third-order valence-electron chi connectivity index (χ3n) is 3.43. The third-order valence-corrected chi connectivity index (χ3v) is 5.27. The molecule has 0 bridgehead atoms. The average Bonchev–Trinajstić information content (AvgIpc) is 2.80. The highest BCUT2D eigenvalue weighted by Gasteiger charge is 2.29. The van der Waals surface area contributed by atoms with Crippen molar-refractivity contribution in [3.8, 4) is 11.5 Å². The minimum atomic E-state index is -2.98. The van der Waals surface area contributed by atoms with Crippen molar-refractivity contribution in [3.05, 3.63) is 23.8 Å². The quantitative estimate of drug-likeness (QED) is 0.611. The van der Waals surface area contributed by atoms with Crippen molar-refractivity contribution in [2.45, 2.75) is 12.8 Å². The lowest BCUT2D eigenvalue weighted by Crippen LogP contribution is -2.21. The minimum Gasteiger partial charge on any atom is -0.507 e. The summed E-state index contributed by atoms with van der Waals surface area (Å²) in [6, 6.07) is 4.64. The van der Waals surface area contributed by atoms with E-state index in [-0.39, 0.29) is 35.5 Å². The van der Waals surface area contributed by atoms with Crippen LogP contribution in [0.3, 0.4) is 0 Å². The Morgan fingerprint density at radius 1 is 1.55 bits per heavy atom. The van der Waals surface area contributed by atoms with Gasteiger partial charge in [-0.15, -0.1) is 0 Å². The Morgan fingerprint density at radius 2 is 2.32 bits per heavy atom. The molecule has 0 spiro atoms. The van der Waals surface area contributed by atoms with E-state index in [1.165, 1.54) is 19.4 Å². The number of carbonyl (C=O) groups is 1. The van der Waals surface area contributed by atoms with Crippen LogP contribution in [-0.2, 0) is 14.6 Å². The van der Waals surface area contributed by atoms with Crippen LogP contribution >= 0.6 is 0 Å². The Labute approximate surface area is 128 Å². The molecule has 1 aliphatic heterocycles. The fourth-order valence-electron chi connectivity index (χ4n) is 2.28. The van der Waals surface area contributed by atoms with Crippen molar-refractivity contribution < 1.29 is 23.1 Å². The molecule has 8 heteroatoms. The highest BCUT2D eigenvalue weighted by atomic mass is 32.2. The Balaban J connectivity index is 1.88. The van der Waals surface area contributed by atoms with Crippen molar-refractivity contribution >= 4 is 22.0 Å². The molecule has 2 rings (SSSR count). The van der Waals surface area contributed by atoms with Crippen LogP contribution in [0, 0.1) is 5.92 Å². The van der Waals surface area contributed by atoms with Crippen molar-refractivity contribution in [1.29, 1.82) is 0 Å². The molecule has 1 aromatic carbocycles. The molecule has 1 aromatic rings.